The van der Waals surface area contributed by atoms with Crippen LogP contribution in [0.5, 0.6) is 0 Å². The van der Waals surface area contributed by atoms with E-state index in [1.807, 2.05) is 0 Å². The lowest BCUT2D eigenvalue weighted by atomic mass is 9.61. The van der Waals surface area contributed by atoms with E-state index < -0.39 is 0 Å². The summed E-state index contributed by atoms with van der Waals surface area (Å²) in [6.45, 7) is 12.4. The summed E-state index contributed by atoms with van der Waals surface area (Å²) >= 11 is 0. The number of hydrogen-bond acceptors (Lipinski definition) is 4. The second-order valence-electron chi connectivity index (χ2n) is 17.5. The highest BCUT2D eigenvalue weighted by atomic mass is 16.2. The second-order valence-corrected chi connectivity index (χ2v) is 17.5. The molecule has 2 amide bonds. The Labute approximate surface area is 323 Å². The third kappa shape index (κ3) is 18.3. The van der Waals surface area contributed by atoms with E-state index in [4.69, 9.17) is 0 Å². The van der Waals surface area contributed by atoms with Crippen LogP contribution in [0.1, 0.15) is 181 Å². The van der Waals surface area contributed by atoms with Crippen molar-refractivity contribution in [2.75, 3.05) is 66.5 Å². The van der Waals surface area contributed by atoms with Crippen molar-refractivity contribution in [1.82, 2.24) is 19.6 Å². The van der Waals surface area contributed by atoms with Crippen LogP contribution >= 0.6 is 0 Å². The Bertz CT molecular complexity index is 939. The summed E-state index contributed by atoms with van der Waals surface area (Å²) in [6.07, 6.45) is 38.6. The van der Waals surface area contributed by atoms with Gasteiger partial charge >= 0.3 is 0 Å². The molecular weight excluding hydrogens is 641 g/mol. The Balaban J connectivity index is 1.39. The lowest BCUT2D eigenvalue weighted by molar-refractivity contribution is -0.133. The fraction of sp³-hybridized carbons (Fsp3) is 0.913. The van der Waals surface area contributed by atoms with Crippen LogP contribution in [-0.4, -0.2) is 97.9 Å². The molecule has 0 bridgehead atoms. The molecule has 1 aliphatic carbocycles. The number of likely N-dealkylation sites (N-methyl/N-ethyl adjacent to an activating group) is 2. The van der Waals surface area contributed by atoms with E-state index in [0.29, 0.717) is 11.8 Å². The smallest absolute Gasteiger partial charge is 0.222 e. The van der Waals surface area contributed by atoms with Gasteiger partial charge in [0.1, 0.15) is 0 Å². The average Bonchev–Trinajstić information content (AvgIpc) is 3.15. The number of unbranched alkanes of at least 4 members (excludes halogenated alkanes) is 14. The Hall–Kier alpha value is -1.40. The molecule has 0 aromatic carbocycles. The van der Waals surface area contributed by atoms with Gasteiger partial charge in [0.15, 0.2) is 0 Å². The Kier molecular flexibility index (Phi) is 24.3. The van der Waals surface area contributed by atoms with E-state index in [2.05, 4.69) is 59.7 Å². The largest absolute Gasteiger partial charge is 0.340 e. The van der Waals surface area contributed by atoms with E-state index in [9.17, 15) is 9.59 Å². The molecule has 6 nitrogen and oxygen atoms in total. The number of rotatable bonds is 27. The van der Waals surface area contributed by atoms with Gasteiger partial charge in [-0.25, -0.2) is 0 Å². The summed E-state index contributed by atoms with van der Waals surface area (Å²) in [5, 5.41) is 0. The molecule has 2 saturated heterocycles. The van der Waals surface area contributed by atoms with Crippen molar-refractivity contribution in [3.8, 4) is 0 Å². The molecule has 3 aliphatic rings. The number of allylic oxidation sites excluding steroid dienone is 2. The zero-order valence-corrected chi connectivity index (χ0v) is 35.1. The minimum atomic E-state index is 0.373. The first-order valence-corrected chi connectivity index (χ1v) is 23.0. The van der Waals surface area contributed by atoms with Gasteiger partial charge in [-0.3, -0.25) is 9.59 Å². The molecule has 2 aliphatic heterocycles. The van der Waals surface area contributed by atoms with Gasteiger partial charge < -0.3 is 19.6 Å². The van der Waals surface area contributed by atoms with Gasteiger partial charge in [0, 0.05) is 65.2 Å². The third-order valence-corrected chi connectivity index (χ3v) is 13.3. The standard InChI is InChI=1S/C46H86N4O2/c1-5-7-9-20-25-41-31-32-42(26-21-15-14-18-24-30-46(52)50-39-35-48(4)36-40-50)44(43(41)27-19-8-6-2)28-22-16-12-10-11-13-17-23-29-45(51)49-37-33-47(3)34-38-49/h16,22,41-44H,5-15,17-21,23-40H2,1-4H3/b22-16+. The maximum absolute atomic E-state index is 12.6. The number of hydrogen-bond donors (Lipinski definition) is 0. The van der Waals surface area contributed by atoms with E-state index in [-0.39, 0.29) is 0 Å². The molecule has 3 fully saturated rings. The van der Waals surface area contributed by atoms with Crippen LogP contribution in [0.15, 0.2) is 12.2 Å². The first kappa shape index (κ1) is 45.0. The summed E-state index contributed by atoms with van der Waals surface area (Å²) in [6, 6.07) is 0. The molecule has 52 heavy (non-hydrogen) atoms. The third-order valence-electron chi connectivity index (χ3n) is 13.3. The van der Waals surface area contributed by atoms with Crippen molar-refractivity contribution in [3.05, 3.63) is 12.2 Å². The SMILES string of the molecule is CCCCCCC1CCC(CCCCCCCC(=O)N2CCN(C)CC2)C(C/C=C/CCCCCCCC(=O)N2CCN(C)CC2)C1CCCCC. The molecule has 1 saturated carbocycles. The fourth-order valence-electron chi connectivity index (χ4n) is 9.63. The zero-order valence-electron chi connectivity index (χ0n) is 35.1. The van der Waals surface area contributed by atoms with Gasteiger partial charge in [0.25, 0.3) is 0 Å². The highest BCUT2D eigenvalue weighted by molar-refractivity contribution is 5.76. The number of carbonyl (C=O) groups is 2. The van der Waals surface area contributed by atoms with Gasteiger partial charge in [0.05, 0.1) is 0 Å². The van der Waals surface area contributed by atoms with Crippen molar-refractivity contribution < 1.29 is 9.59 Å². The molecule has 2 heterocycles. The lowest BCUT2D eigenvalue weighted by Crippen LogP contribution is -2.47. The fourth-order valence-corrected chi connectivity index (χ4v) is 9.63. The molecule has 0 N–H and O–H groups in total. The topological polar surface area (TPSA) is 47.1 Å². The van der Waals surface area contributed by atoms with E-state index in [0.717, 1.165) is 102 Å². The summed E-state index contributed by atoms with van der Waals surface area (Å²) in [5.74, 6) is 4.40. The minimum Gasteiger partial charge on any atom is -0.340 e. The van der Waals surface area contributed by atoms with Gasteiger partial charge in [-0.15, -0.1) is 0 Å². The molecule has 6 heteroatoms. The van der Waals surface area contributed by atoms with E-state index in [1.165, 1.54) is 141 Å². The maximum Gasteiger partial charge on any atom is 0.222 e. The van der Waals surface area contributed by atoms with E-state index in [1.54, 1.807) is 0 Å². The van der Waals surface area contributed by atoms with Crippen LogP contribution in [0.25, 0.3) is 0 Å². The molecule has 0 aromatic rings. The van der Waals surface area contributed by atoms with Crippen LogP contribution in [0, 0.1) is 23.7 Å². The van der Waals surface area contributed by atoms with Crippen LogP contribution in [0.4, 0.5) is 0 Å². The Morgan fingerprint density at radius 2 is 0.904 bits per heavy atom. The zero-order chi connectivity index (χ0) is 37.2. The summed E-state index contributed by atoms with van der Waals surface area (Å²) in [4.78, 5) is 34.0. The molecule has 302 valence electrons. The second kappa shape index (κ2) is 28.1. The summed E-state index contributed by atoms with van der Waals surface area (Å²) in [5.41, 5.74) is 0. The van der Waals surface area contributed by atoms with Gasteiger partial charge in [-0.2, -0.15) is 0 Å². The Morgan fingerprint density at radius 1 is 0.481 bits per heavy atom. The van der Waals surface area contributed by atoms with Crippen LogP contribution in [-0.2, 0) is 9.59 Å². The normalized spacial score (nSPS) is 23.5. The monoisotopic (exact) mass is 727 g/mol. The predicted octanol–water partition coefficient (Wildman–Crippen LogP) is 10.8. The highest BCUT2D eigenvalue weighted by Gasteiger charge is 2.37. The lowest BCUT2D eigenvalue weighted by Gasteiger charge is -2.44. The van der Waals surface area contributed by atoms with Crippen LogP contribution in [0.3, 0.4) is 0 Å². The van der Waals surface area contributed by atoms with Gasteiger partial charge in [0.2, 0.25) is 11.8 Å². The van der Waals surface area contributed by atoms with E-state index >= 15 is 0 Å². The molecule has 0 radical (unpaired) electrons. The maximum atomic E-state index is 12.6. The van der Waals surface area contributed by atoms with Crippen LogP contribution < -0.4 is 0 Å². The van der Waals surface area contributed by atoms with Gasteiger partial charge in [-0.1, -0.05) is 129 Å². The molecule has 0 spiro atoms. The molecule has 3 rings (SSSR count). The number of carbonyl (C=O) groups excluding carboxylic acids is 2. The first-order valence-electron chi connectivity index (χ1n) is 23.0. The van der Waals surface area contributed by atoms with Crippen molar-refractivity contribution >= 4 is 11.8 Å². The minimum absolute atomic E-state index is 0.373. The number of nitrogens with zero attached hydrogens (tertiary/aromatic N) is 4. The predicted molar refractivity (Wildman–Crippen MR) is 223 cm³/mol. The van der Waals surface area contributed by atoms with Crippen molar-refractivity contribution in [2.24, 2.45) is 23.7 Å². The molecule has 0 aromatic heterocycles. The molecule has 4 atom stereocenters. The van der Waals surface area contributed by atoms with Crippen LogP contribution in [0.2, 0.25) is 0 Å². The summed E-state index contributed by atoms with van der Waals surface area (Å²) in [7, 11) is 4.30. The summed E-state index contributed by atoms with van der Waals surface area (Å²) < 4.78 is 0. The van der Waals surface area contributed by atoms with Crippen molar-refractivity contribution in [3.63, 3.8) is 0 Å². The Morgan fingerprint density at radius 3 is 1.44 bits per heavy atom. The average molecular weight is 727 g/mol. The highest BCUT2D eigenvalue weighted by Crippen LogP contribution is 2.47. The quantitative estimate of drug-likeness (QED) is 0.0625. The molecular formula is C46H86N4O2. The van der Waals surface area contributed by atoms with Crippen molar-refractivity contribution in [1.29, 1.82) is 0 Å². The first-order chi connectivity index (χ1) is 25.4. The number of amides is 2. The van der Waals surface area contributed by atoms with Crippen molar-refractivity contribution in [2.45, 2.75) is 181 Å². The van der Waals surface area contributed by atoms with Gasteiger partial charge in [-0.05, 0) is 89.1 Å². The number of piperazine rings is 2. The molecule has 4 unspecified atom stereocenters.